The first-order valence-corrected chi connectivity index (χ1v) is 9.58. The zero-order valence-electron chi connectivity index (χ0n) is 16.8. The number of aromatic nitrogens is 3. The van der Waals surface area contributed by atoms with Crippen LogP contribution in [0, 0.1) is 0 Å². The number of carbonyl (C=O) groups is 1. The van der Waals surface area contributed by atoms with E-state index < -0.39 is 11.7 Å². The largest absolute Gasteiger partial charge is 0.423 e. The number of carbonyl (C=O) groups excluding carboxylic acids is 1. The number of anilines is 2. The number of Topliss-reactive ketones (excluding diaryl/α,β-unsaturated/α-hetero) is 1. The van der Waals surface area contributed by atoms with E-state index in [0.717, 1.165) is 24.1 Å². The molecular formula is C21H19F3N4O3. The molecule has 0 unspecified atom stereocenters. The van der Waals surface area contributed by atoms with E-state index in [-0.39, 0.29) is 29.5 Å². The topological polar surface area (TPSA) is 82.2 Å². The molecule has 4 rings (SSSR count). The van der Waals surface area contributed by atoms with Gasteiger partial charge in [0.1, 0.15) is 12.1 Å². The van der Waals surface area contributed by atoms with Gasteiger partial charge in [-0.1, -0.05) is 6.92 Å². The average molecular weight is 432 g/mol. The molecule has 0 atom stereocenters. The molecule has 0 fully saturated rings. The molecule has 0 amide bonds. The molecule has 0 spiro atoms. The molecule has 4 aromatic rings. The number of halogens is 3. The molecule has 0 saturated heterocycles. The Morgan fingerprint density at radius 2 is 1.97 bits per heavy atom. The Morgan fingerprint density at radius 3 is 2.71 bits per heavy atom. The minimum Gasteiger partial charge on any atom is -0.423 e. The van der Waals surface area contributed by atoms with Gasteiger partial charge in [0.25, 0.3) is 0 Å². The number of hydrogen-bond donors (Lipinski definition) is 1. The number of fused-ring (bicyclic) bond motifs is 2. The van der Waals surface area contributed by atoms with Gasteiger partial charge < -0.3 is 13.7 Å². The Bertz CT molecular complexity index is 1260. The first-order chi connectivity index (χ1) is 14.8. The Balaban J connectivity index is 1.59. The van der Waals surface area contributed by atoms with Crippen LogP contribution in [0.5, 0.6) is 0 Å². The van der Waals surface area contributed by atoms with Crippen molar-refractivity contribution in [2.45, 2.75) is 19.5 Å². The maximum atomic E-state index is 12.9. The Hall–Kier alpha value is -3.40. The second-order valence-corrected chi connectivity index (χ2v) is 7.00. The third-order valence-electron chi connectivity index (χ3n) is 4.72. The van der Waals surface area contributed by atoms with Gasteiger partial charge in [-0.05, 0) is 42.8 Å². The summed E-state index contributed by atoms with van der Waals surface area (Å²) < 4.78 is 51.1. The molecule has 7 nitrogen and oxygen atoms in total. The molecule has 0 radical (unpaired) electrons. The minimum absolute atomic E-state index is 0.000105. The van der Waals surface area contributed by atoms with Crippen LogP contribution >= 0.6 is 0 Å². The van der Waals surface area contributed by atoms with E-state index in [1.165, 1.54) is 6.07 Å². The molecule has 2 aromatic carbocycles. The lowest BCUT2D eigenvalue weighted by Gasteiger charge is -2.04. The second-order valence-electron chi connectivity index (χ2n) is 7.00. The van der Waals surface area contributed by atoms with Crippen molar-refractivity contribution in [2.24, 2.45) is 7.05 Å². The van der Waals surface area contributed by atoms with Gasteiger partial charge in [0.2, 0.25) is 5.95 Å². The molecule has 2 aromatic heterocycles. The predicted molar refractivity (Wildman–Crippen MR) is 108 cm³/mol. The van der Waals surface area contributed by atoms with Gasteiger partial charge in [-0.3, -0.25) is 10.1 Å². The zero-order valence-corrected chi connectivity index (χ0v) is 16.8. The molecule has 162 valence electrons. The standard InChI is InChI=1S/C21H19F3N4O3/c1-3-8-30-11-17(29)12-4-7-16-15(9-12)25-19(28(16)2)27-20-26-14-6-5-13(21(22,23)24)10-18(14)31-20/h4-7,9-10H,3,8,11H2,1-2H3,(H,25,26,27). The van der Waals surface area contributed by atoms with Crippen LogP contribution in [0.4, 0.5) is 25.1 Å². The summed E-state index contributed by atoms with van der Waals surface area (Å²) in [7, 11) is 1.76. The van der Waals surface area contributed by atoms with Gasteiger partial charge in [0.15, 0.2) is 11.4 Å². The molecule has 1 N–H and O–H groups in total. The number of oxazole rings is 1. The fourth-order valence-corrected chi connectivity index (χ4v) is 3.13. The molecule has 0 aliphatic heterocycles. The van der Waals surface area contributed by atoms with E-state index in [1.54, 1.807) is 29.8 Å². The zero-order chi connectivity index (χ0) is 22.2. The maximum Gasteiger partial charge on any atom is 0.416 e. The number of ketones is 1. The number of aryl methyl sites for hydroxylation is 1. The third kappa shape index (κ3) is 4.24. The van der Waals surface area contributed by atoms with Crippen molar-refractivity contribution in [1.82, 2.24) is 14.5 Å². The molecule has 0 aliphatic carbocycles. The van der Waals surface area contributed by atoms with E-state index in [9.17, 15) is 18.0 Å². The SMILES string of the molecule is CCCOCC(=O)c1ccc2c(c1)nc(Nc1nc3ccc(C(F)(F)F)cc3o1)n2C. The summed E-state index contributed by atoms with van der Waals surface area (Å²) >= 11 is 0. The number of hydrogen-bond acceptors (Lipinski definition) is 6. The summed E-state index contributed by atoms with van der Waals surface area (Å²) in [5, 5.41) is 2.88. The number of nitrogens with zero attached hydrogens (tertiary/aromatic N) is 3. The number of nitrogens with one attached hydrogen (secondary N) is 1. The van der Waals surface area contributed by atoms with Crippen molar-refractivity contribution < 1.29 is 27.1 Å². The van der Waals surface area contributed by atoms with Crippen molar-refractivity contribution >= 4 is 39.9 Å². The van der Waals surface area contributed by atoms with Gasteiger partial charge in [-0.25, -0.2) is 4.98 Å². The number of benzene rings is 2. The molecule has 10 heteroatoms. The summed E-state index contributed by atoms with van der Waals surface area (Å²) in [5.74, 6) is 0.222. The average Bonchev–Trinajstić information content (AvgIpc) is 3.27. The summed E-state index contributed by atoms with van der Waals surface area (Å²) in [6, 6.07) is 8.25. The third-order valence-corrected chi connectivity index (χ3v) is 4.72. The summed E-state index contributed by atoms with van der Waals surface area (Å²) in [5.41, 5.74) is 1.29. The van der Waals surface area contributed by atoms with Crippen molar-refractivity contribution in [3.05, 3.63) is 47.5 Å². The molecule has 0 saturated carbocycles. The monoisotopic (exact) mass is 432 g/mol. The molecule has 2 heterocycles. The van der Waals surface area contributed by atoms with Gasteiger partial charge in [0, 0.05) is 19.2 Å². The van der Waals surface area contributed by atoms with Crippen molar-refractivity contribution in [3.8, 4) is 0 Å². The fourth-order valence-electron chi connectivity index (χ4n) is 3.13. The summed E-state index contributed by atoms with van der Waals surface area (Å²) in [6.07, 6.45) is -3.64. The lowest BCUT2D eigenvalue weighted by Crippen LogP contribution is -2.09. The van der Waals surface area contributed by atoms with E-state index in [1.807, 2.05) is 6.92 Å². The summed E-state index contributed by atoms with van der Waals surface area (Å²) in [6.45, 7) is 2.48. The van der Waals surface area contributed by atoms with Gasteiger partial charge in [-0.15, -0.1) is 0 Å². The van der Waals surface area contributed by atoms with Crippen LogP contribution in [-0.2, 0) is 18.0 Å². The van der Waals surface area contributed by atoms with Gasteiger partial charge in [-0.2, -0.15) is 18.2 Å². The van der Waals surface area contributed by atoms with Crippen LogP contribution < -0.4 is 5.32 Å². The van der Waals surface area contributed by atoms with Crippen LogP contribution in [0.15, 0.2) is 40.8 Å². The van der Waals surface area contributed by atoms with Crippen molar-refractivity contribution in [1.29, 1.82) is 0 Å². The van der Waals surface area contributed by atoms with E-state index >= 15 is 0 Å². The first kappa shape index (κ1) is 20.9. The highest BCUT2D eigenvalue weighted by Crippen LogP contribution is 2.32. The number of alkyl halides is 3. The van der Waals surface area contributed by atoms with Gasteiger partial charge >= 0.3 is 12.2 Å². The number of imidazole rings is 1. The van der Waals surface area contributed by atoms with E-state index in [0.29, 0.717) is 23.6 Å². The van der Waals surface area contributed by atoms with Crippen LogP contribution in [0.1, 0.15) is 29.3 Å². The molecular weight excluding hydrogens is 413 g/mol. The Morgan fingerprint density at radius 1 is 1.16 bits per heavy atom. The van der Waals surface area contributed by atoms with Crippen LogP contribution in [0.3, 0.4) is 0 Å². The lowest BCUT2D eigenvalue weighted by molar-refractivity contribution is -0.137. The van der Waals surface area contributed by atoms with Gasteiger partial charge in [0.05, 0.1) is 16.6 Å². The van der Waals surface area contributed by atoms with Crippen LogP contribution in [0.2, 0.25) is 0 Å². The molecule has 0 bridgehead atoms. The lowest BCUT2D eigenvalue weighted by atomic mass is 10.1. The first-order valence-electron chi connectivity index (χ1n) is 9.58. The molecule has 0 aliphatic rings. The van der Waals surface area contributed by atoms with E-state index in [4.69, 9.17) is 9.15 Å². The quantitative estimate of drug-likeness (QED) is 0.324. The normalized spacial score (nSPS) is 12.0. The predicted octanol–water partition coefficient (Wildman–Crippen LogP) is 5.09. The highest BCUT2D eigenvalue weighted by Gasteiger charge is 2.31. The minimum atomic E-state index is -4.47. The fraction of sp³-hybridized carbons (Fsp3) is 0.286. The highest BCUT2D eigenvalue weighted by molar-refractivity contribution is 6.00. The molecule has 31 heavy (non-hydrogen) atoms. The smallest absolute Gasteiger partial charge is 0.416 e. The number of ether oxygens (including phenoxy) is 1. The second kappa shape index (κ2) is 8.03. The number of rotatable bonds is 7. The highest BCUT2D eigenvalue weighted by atomic mass is 19.4. The Labute approximate surface area is 174 Å². The van der Waals surface area contributed by atoms with Crippen molar-refractivity contribution in [2.75, 3.05) is 18.5 Å². The van der Waals surface area contributed by atoms with Crippen LogP contribution in [0.25, 0.3) is 22.1 Å². The maximum absolute atomic E-state index is 12.9. The van der Waals surface area contributed by atoms with Crippen LogP contribution in [-0.4, -0.2) is 33.5 Å². The summed E-state index contributed by atoms with van der Waals surface area (Å²) in [4.78, 5) is 20.9. The Kier molecular flexibility index (Phi) is 5.40. The van der Waals surface area contributed by atoms with Crippen molar-refractivity contribution in [3.63, 3.8) is 0 Å². The van der Waals surface area contributed by atoms with E-state index in [2.05, 4.69) is 15.3 Å².